The summed E-state index contributed by atoms with van der Waals surface area (Å²) in [6.45, 7) is 0. The van der Waals surface area contributed by atoms with Crippen LogP contribution in [-0.4, -0.2) is 31.0 Å². The molecule has 110 valence electrons. The predicted molar refractivity (Wildman–Crippen MR) is 82.0 cm³/mol. The first-order valence-corrected chi connectivity index (χ1v) is 7.21. The highest BCUT2D eigenvalue weighted by molar-refractivity contribution is 7.16. The Morgan fingerprint density at radius 1 is 1.14 bits per heavy atom. The van der Waals surface area contributed by atoms with Gasteiger partial charge in [0.2, 0.25) is 5.95 Å². The maximum absolute atomic E-state index is 11.0. The summed E-state index contributed by atoms with van der Waals surface area (Å²) in [6.07, 6.45) is 4.76. The average Bonchev–Trinajstić information content (AvgIpc) is 2.91. The van der Waals surface area contributed by atoms with Gasteiger partial charge in [-0.15, -0.1) is 11.3 Å². The van der Waals surface area contributed by atoms with Gasteiger partial charge in [-0.05, 0) is 18.2 Å². The molecule has 0 aromatic carbocycles. The number of carboxylic acids is 1. The number of aliphatic carboxylic acids is 1. The van der Waals surface area contributed by atoms with Gasteiger partial charge in [-0.3, -0.25) is 9.78 Å². The molecule has 3 aromatic rings. The average molecular weight is 313 g/mol. The number of hydrogen-bond acceptors (Lipinski definition) is 7. The lowest BCUT2D eigenvalue weighted by Crippen LogP contribution is -1.99. The Kier molecular flexibility index (Phi) is 4.01. The van der Waals surface area contributed by atoms with Crippen molar-refractivity contribution in [1.82, 2.24) is 19.9 Å². The number of pyridine rings is 1. The van der Waals surface area contributed by atoms with Crippen LogP contribution in [0.3, 0.4) is 0 Å². The summed E-state index contributed by atoms with van der Waals surface area (Å²) in [5.41, 5.74) is 1.20. The Morgan fingerprint density at radius 2 is 1.91 bits per heavy atom. The van der Waals surface area contributed by atoms with Gasteiger partial charge >= 0.3 is 5.97 Å². The molecule has 0 aliphatic heterocycles. The summed E-state index contributed by atoms with van der Waals surface area (Å²) in [6, 6.07) is 7.13. The van der Waals surface area contributed by atoms with Crippen LogP contribution >= 0.6 is 11.3 Å². The quantitative estimate of drug-likeness (QED) is 0.745. The van der Waals surface area contributed by atoms with Crippen molar-refractivity contribution >= 4 is 28.4 Å². The number of aromatic nitrogens is 4. The van der Waals surface area contributed by atoms with Gasteiger partial charge in [0.25, 0.3) is 0 Å². The van der Waals surface area contributed by atoms with Crippen molar-refractivity contribution in [2.24, 2.45) is 0 Å². The number of thiazole rings is 1. The summed E-state index contributed by atoms with van der Waals surface area (Å²) < 4.78 is 0. The molecule has 0 amide bonds. The number of carboxylic acid groups (broad SMARTS) is 1. The highest BCUT2D eigenvalue weighted by atomic mass is 32.1. The number of hydrogen-bond donors (Lipinski definition) is 2. The van der Waals surface area contributed by atoms with Gasteiger partial charge in [-0.1, -0.05) is 6.07 Å². The SMILES string of the molecule is O=C(O)Cc1sc(Nc2ncccn2)nc1-c1ccccn1. The molecule has 3 aromatic heterocycles. The molecule has 0 aliphatic carbocycles. The number of nitrogens with one attached hydrogen (secondary N) is 1. The second-order valence-corrected chi connectivity index (χ2v) is 5.36. The lowest BCUT2D eigenvalue weighted by atomic mass is 10.2. The Morgan fingerprint density at radius 3 is 2.59 bits per heavy atom. The van der Waals surface area contributed by atoms with Crippen LogP contribution in [0.5, 0.6) is 0 Å². The molecule has 3 rings (SSSR count). The molecule has 7 nitrogen and oxygen atoms in total. The van der Waals surface area contributed by atoms with Crippen molar-refractivity contribution in [2.75, 3.05) is 5.32 Å². The Hall–Kier alpha value is -2.87. The highest BCUT2D eigenvalue weighted by Crippen LogP contribution is 2.31. The van der Waals surface area contributed by atoms with E-state index in [4.69, 9.17) is 5.11 Å². The van der Waals surface area contributed by atoms with E-state index in [1.165, 1.54) is 11.3 Å². The largest absolute Gasteiger partial charge is 0.481 e. The summed E-state index contributed by atoms with van der Waals surface area (Å²) >= 11 is 1.25. The van der Waals surface area contributed by atoms with Crippen LogP contribution in [0.1, 0.15) is 4.88 Å². The van der Waals surface area contributed by atoms with E-state index in [0.29, 0.717) is 27.3 Å². The van der Waals surface area contributed by atoms with Crippen molar-refractivity contribution in [3.8, 4) is 11.4 Å². The molecule has 0 spiro atoms. The van der Waals surface area contributed by atoms with Crippen molar-refractivity contribution in [3.63, 3.8) is 0 Å². The van der Waals surface area contributed by atoms with Gasteiger partial charge in [-0.2, -0.15) is 0 Å². The van der Waals surface area contributed by atoms with E-state index in [2.05, 4.69) is 25.3 Å². The van der Waals surface area contributed by atoms with Gasteiger partial charge in [0.15, 0.2) is 5.13 Å². The molecule has 0 unspecified atom stereocenters. The first kappa shape index (κ1) is 14.1. The van der Waals surface area contributed by atoms with E-state index in [1.54, 1.807) is 36.8 Å². The van der Waals surface area contributed by atoms with E-state index in [0.717, 1.165) is 0 Å². The number of carbonyl (C=O) groups is 1. The molecule has 0 saturated heterocycles. The predicted octanol–water partition coefficient (Wildman–Crippen LogP) is 2.37. The first-order valence-electron chi connectivity index (χ1n) is 6.39. The standard InChI is InChI=1S/C14H11N5O2S/c20-11(21)8-10-12(9-4-1-2-5-15-9)18-14(22-10)19-13-16-6-3-7-17-13/h1-7H,8H2,(H,20,21)(H,16,17,18,19). The zero-order valence-electron chi connectivity index (χ0n) is 11.3. The van der Waals surface area contributed by atoms with Gasteiger partial charge < -0.3 is 10.4 Å². The zero-order chi connectivity index (χ0) is 15.4. The number of nitrogens with zero attached hydrogens (tertiary/aromatic N) is 4. The molecule has 22 heavy (non-hydrogen) atoms. The molecule has 0 fully saturated rings. The van der Waals surface area contributed by atoms with Crippen LogP contribution in [0.2, 0.25) is 0 Å². The third-order valence-electron chi connectivity index (χ3n) is 2.70. The fourth-order valence-corrected chi connectivity index (χ4v) is 2.78. The molecule has 0 atom stereocenters. The minimum absolute atomic E-state index is 0.110. The molecule has 0 bridgehead atoms. The maximum Gasteiger partial charge on any atom is 0.308 e. The smallest absolute Gasteiger partial charge is 0.308 e. The van der Waals surface area contributed by atoms with Crippen LogP contribution in [-0.2, 0) is 11.2 Å². The molecule has 3 heterocycles. The summed E-state index contributed by atoms with van der Waals surface area (Å²) in [4.78, 5) is 28.4. The third-order valence-corrected chi connectivity index (χ3v) is 3.67. The van der Waals surface area contributed by atoms with Crippen molar-refractivity contribution < 1.29 is 9.90 Å². The summed E-state index contributed by atoms with van der Waals surface area (Å²) in [5, 5.41) is 12.6. The topological polar surface area (TPSA) is 101 Å². The Bertz CT molecular complexity index is 776. The van der Waals surface area contributed by atoms with E-state index in [9.17, 15) is 4.79 Å². The van der Waals surface area contributed by atoms with E-state index in [-0.39, 0.29) is 6.42 Å². The van der Waals surface area contributed by atoms with Crippen LogP contribution < -0.4 is 5.32 Å². The van der Waals surface area contributed by atoms with E-state index < -0.39 is 5.97 Å². The third kappa shape index (κ3) is 3.23. The molecule has 0 radical (unpaired) electrons. The maximum atomic E-state index is 11.0. The van der Waals surface area contributed by atoms with Crippen molar-refractivity contribution in [2.45, 2.75) is 6.42 Å². The molecular weight excluding hydrogens is 302 g/mol. The van der Waals surface area contributed by atoms with Crippen LogP contribution in [0.4, 0.5) is 11.1 Å². The zero-order valence-corrected chi connectivity index (χ0v) is 12.1. The molecule has 0 saturated carbocycles. The molecule has 0 aliphatic rings. The number of anilines is 2. The summed E-state index contributed by atoms with van der Waals surface area (Å²) in [7, 11) is 0. The lowest BCUT2D eigenvalue weighted by Gasteiger charge is -1.98. The Labute approximate surface area is 129 Å². The van der Waals surface area contributed by atoms with Gasteiger partial charge in [0, 0.05) is 23.5 Å². The number of rotatable bonds is 5. The van der Waals surface area contributed by atoms with Crippen LogP contribution in [0.15, 0.2) is 42.9 Å². The fourth-order valence-electron chi connectivity index (χ4n) is 1.82. The van der Waals surface area contributed by atoms with Crippen molar-refractivity contribution in [3.05, 3.63) is 47.7 Å². The van der Waals surface area contributed by atoms with Crippen LogP contribution in [0, 0.1) is 0 Å². The lowest BCUT2D eigenvalue weighted by molar-refractivity contribution is -0.136. The Balaban J connectivity index is 1.96. The molecule has 8 heteroatoms. The monoisotopic (exact) mass is 313 g/mol. The first-order chi connectivity index (χ1) is 10.7. The second-order valence-electron chi connectivity index (χ2n) is 4.27. The second kappa shape index (κ2) is 6.27. The van der Waals surface area contributed by atoms with Gasteiger partial charge in [-0.25, -0.2) is 15.0 Å². The van der Waals surface area contributed by atoms with Crippen LogP contribution in [0.25, 0.3) is 11.4 Å². The van der Waals surface area contributed by atoms with Crippen molar-refractivity contribution in [1.29, 1.82) is 0 Å². The normalized spacial score (nSPS) is 10.4. The summed E-state index contributed by atoms with van der Waals surface area (Å²) in [5.74, 6) is -0.506. The van der Waals surface area contributed by atoms with Gasteiger partial charge in [0.1, 0.15) is 5.69 Å². The minimum Gasteiger partial charge on any atom is -0.481 e. The fraction of sp³-hybridized carbons (Fsp3) is 0.0714. The molecule has 2 N–H and O–H groups in total. The van der Waals surface area contributed by atoms with E-state index in [1.807, 2.05) is 6.07 Å². The highest BCUT2D eigenvalue weighted by Gasteiger charge is 2.17. The molecular formula is C14H11N5O2S. The van der Waals surface area contributed by atoms with Gasteiger partial charge in [0.05, 0.1) is 12.1 Å². The van der Waals surface area contributed by atoms with E-state index >= 15 is 0 Å². The minimum atomic E-state index is -0.914.